The SMILES string of the molecule is Cc1cc(/C=C(\C#N)C(=O)OCC(=O)N2CCCC2=O)c(C)n1C1CC1. The topological polar surface area (TPSA) is 92.4 Å². The van der Waals surface area contributed by atoms with Gasteiger partial charge in [-0.25, -0.2) is 4.79 Å². The van der Waals surface area contributed by atoms with Crippen molar-refractivity contribution in [2.45, 2.75) is 45.6 Å². The number of ether oxygens (including phenoxy) is 1. The Morgan fingerprint density at radius 2 is 2.12 bits per heavy atom. The summed E-state index contributed by atoms with van der Waals surface area (Å²) in [5.41, 5.74) is 2.72. The van der Waals surface area contributed by atoms with Gasteiger partial charge in [0.25, 0.3) is 5.91 Å². The van der Waals surface area contributed by atoms with Gasteiger partial charge in [0.1, 0.15) is 11.6 Å². The molecule has 0 unspecified atom stereocenters. The van der Waals surface area contributed by atoms with Crippen LogP contribution in [0, 0.1) is 25.2 Å². The van der Waals surface area contributed by atoms with Crippen LogP contribution in [0.5, 0.6) is 0 Å². The van der Waals surface area contributed by atoms with Crippen molar-refractivity contribution >= 4 is 23.9 Å². The molecule has 1 aliphatic heterocycles. The number of imide groups is 1. The molecule has 0 atom stereocenters. The smallest absolute Gasteiger partial charge is 0.349 e. The molecule has 2 heterocycles. The minimum absolute atomic E-state index is 0.165. The van der Waals surface area contributed by atoms with E-state index in [2.05, 4.69) is 4.57 Å². The number of rotatable bonds is 5. The van der Waals surface area contributed by atoms with Crippen molar-refractivity contribution in [2.75, 3.05) is 13.2 Å². The maximum absolute atomic E-state index is 12.2. The summed E-state index contributed by atoms with van der Waals surface area (Å²) in [6, 6.07) is 4.28. The number of nitrogens with zero attached hydrogens (tertiary/aromatic N) is 3. The monoisotopic (exact) mass is 355 g/mol. The van der Waals surface area contributed by atoms with Crippen LogP contribution >= 0.6 is 0 Å². The summed E-state index contributed by atoms with van der Waals surface area (Å²) >= 11 is 0. The van der Waals surface area contributed by atoms with Crippen LogP contribution in [-0.2, 0) is 19.1 Å². The van der Waals surface area contributed by atoms with E-state index >= 15 is 0 Å². The summed E-state index contributed by atoms with van der Waals surface area (Å²) in [6.07, 6.45) is 4.74. The number of likely N-dealkylation sites (tertiary alicyclic amines) is 1. The maximum Gasteiger partial charge on any atom is 0.349 e. The zero-order chi connectivity index (χ0) is 18.8. The molecule has 7 heteroatoms. The van der Waals surface area contributed by atoms with E-state index in [9.17, 15) is 19.6 Å². The van der Waals surface area contributed by atoms with Crippen LogP contribution in [0.4, 0.5) is 0 Å². The van der Waals surface area contributed by atoms with Crippen molar-refractivity contribution in [3.63, 3.8) is 0 Å². The highest BCUT2D eigenvalue weighted by Crippen LogP contribution is 2.38. The van der Waals surface area contributed by atoms with E-state index in [4.69, 9.17) is 4.74 Å². The molecule has 1 saturated heterocycles. The number of carbonyl (C=O) groups is 3. The van der Waals surface area contributed by atoms with Gasteiger partial charge < -0.3 is 9.30 Å². The molecule has 1 aromatic rings. The fourth-order valence-corrected chi connectivity index (χ4v) is 3.33. The van der Waals surface area contributed by atoms with Gasteiger partial charge in [0.15, 0.2) is 6.61 Å². The lowest BCUT2D eigenvalue weighted by Crippen LogP contribution is -2.35. The molecule has 1 aromatic heterocycles. The second kappa shape index (κ2) is 7.16. The first kappa shape index (κ1) is 17.9. The van der Waals surface area contributed by atoms with Gasteiger partial charge in [-0.3, -0.25) is 14.5 Å². The average molecular weight is 355 g/mol. The Kier molecular flexibility index (Phi) is 4.94. The van der Waals surface area contributed by atoms with Gasteiger partial charge in [-0.15, -0.1) is 0 Å². The van der Waals surface area contributed by atoms with E-state index in [0.29, 0.717) is 25.4 Å². The van der Waals surface area contributed by atoms with E-state index in [1.54, 1.807) is 0 Å². The Morgan fingerprint density at radius 3 is 2.69 bits per heavy atom. The molecule has 7 nitrogen and oxygen atoms in total. The molecular formula is C19H21N3O4. The van der Waals surface area contributed by atoms with Crippen LogP contribution in [0.25, 0.3) is 6.08 Å². The second-order valence-corrected chi connectivity index (χ2v) is 6.72. The van der Waals surface area contributed by atoms with E-state index < -0.39 is 18.5 Å². The molecule has 1 saturated carbocycles. The largest absolute Gasteiger partial charge is 0.451 e. The Balaban J connectivity index is 1.68. The molecule has 0 spiro atoms. The highest BCUT2D eigenvalue weighted by molar-refractivity contribution is 6.01. The van der Waals surface area contributed by atoms with Gasteiger partial charge in [-0.2, -0.15) is 5.26 Å². The zero-order valence-corrected chi connectivity index (χ0v) is 14.9. The summed E-state index contributed by atoms with van der Waals surface area (Å²) in [4.78, 5) is 36.7. The number of hydrogen-bond donors (Lipinski definition) is 0. The fraction of sp³-hybridized carbons (Fsp3) is 0.474. The first-order valence-electron chi connectivity index (χ1n) is 8.73. The van der Waals surface area contributed by atoms with Crippen molar-refractivity contribution in [3.05, 3.63) is 28.6 Å². The third kappa shape index (κ3) is 3.54. The molecule has 26 heavy (non-hydrogen) atoms. The van der Waals surface area contributed by atoms with E-state index in [1.807, 2.05) is 26.0 Å². The molecule has 2 aliphatic rings. The molecule has 2 fully saturated rings. The van der Waals surface area contributed by atoms with Crippen molar-refractivity contribution in [1.82, 2.24) is 9.47 Å². The number of nitriles is 1. The number of carbonyl (C=O) groups excluding carboxylic acids is 3. The number of aromatic nitrogens is 1. The lowest BCUT2D eigenvalue weighted by molar-refractivity contribution is -0.152. The van der Waals surface area contributed by atoms with Crippen molar-refractivity contribution in [1.29, 1.82) is 5.26 Å². The second-order valence-electron chi connectivity index (χ2n) is 6.72. The number of amides is 2. The molecule has 0 bridgehead atoms. The fourth-order valence-electron chi connectivity index (χ4n) is 3.33. The number of hydrogen-bond acceptors (Lipinski definition) is 5. The summed E-state index contributed by atoms with van der Waals surface area (Å²) in [5.74, 6) is -1.66. The van der Waals surface area contributed by atoms with E-state index in [1.165, 1.54) is 6.08 Å². The van der Waals surface area contributed by atoms with E-state index in [-0.39, 0.29) is 11.5 Å². The van der Waals surface area contributed by atoms with Gasteiger partial charge in [-0.05, 0) is 50.8 Å². The molecule has 2 amide bonds. The molecular weight excluding hydrogens is 334 g/mol. The van der Waals surface area contributed by atoms with Crippen LogP contribution < -0.4 is 0 Å². The van der Waals surface area contributed by atoms with Crippen molar-refractivity contribution in [2.24, 2.45) is 0 Å². The quantitative estimate of drug-likeness (QED) is 0.458. The predicted molar refractivity (Wildman–Crippen MR) is 92.7 cm³/mol. The first-order valence-corrected chi connectivity index (χ1v) is 8.73. The van der Waals surface area contributed by atoms with Gasteiger partial charge in [0.2, 0.25) is 5.91 Å². The lowest BCUT2D eigenvalue weighted by atomic mass is 10.1. The summed E-state index contributed by atoms with van der Waals surface area (Å²) in [5, 5.41) is 9.29. The Morgan fingerprint density at radius 1 is 1.38 bits per heavy atom. The van der Waals surface area contributed by atoms with Crippen LogP contribution in [0.3, 0.4) is 0 Å². The molecule has 1 aliphatic carbocycles. The maximum atomic E-state index is 12.2. The van der Waals surface area contributed by atoms with Crippen LogP contribution in [0.15, 0.2) is 11.6 Å². The Labute approximate surface area is 151 Å². The highest BCUT2D eigenvalue weighted by atomic mass is 16.5. The van der Waals surface area contributed by atoms with Crippen LogP contribution in [0.1, 0.15) is 48.7 Å². The van der Waals surface area contributed by atoms with Crippen LogP contribution in [-0.4, -0.2) is 40.4 Å². The zero-order valence-electron chi connectivity index (χ0n) is 14.9. The van der Waals surface area contributed by atoms with Gasteiger partial charge in [-0.1, -0.05) is 0 Å². The van der Waals surface area contributed by atoms with Gasteiger partial charge in [0.05, 0.1) is 0 Å². The third-order valence-electron chi connectivity index (χ3n) is 4.78. The molecule has 0 aromatic carbocycles. The standard InChI is InChI=1S/C19H21N3O4/c1-12-8-14(13(2)22(12)16-5-6-16)9-15(10-20)19(25)26-11-18(24)21-7-3-4-17(21)23/h8-9,16H,3-7,11H2,1-2H3/b15-9+. The van der Waals surface area contributed by atoms with E-state index in [0.717, 1.165) is 34.7 Å². The molecule has 0 radical (unpaired) electrons. The van der Waals surface area contributed by atoms with Crippen LogP contribution in [0.2, 0.25) is 0 Å². The highest BCUT2D eigenvalue weighted by Gasteiger charge is 2.28. The normalized spacial score (nSPS) is 17.3. The number of aryl methyl sites for hydroxylation is 1. The van der Waals surface area contributed by atoms with Crippen molar-refractivity contribution < 1.29 is 19.1 Å². The number of esters is 1. The third-order valence-corrected chi connectivity index (χ3v) is 4.78. The average Bonchev–Trinajstić information content (AvgIpc) is 3.28. The minimum Gasteiger partial charge on any atom is -0.451 e. The Hall–Kier alpha value is -2.88. The molecule has 3 rings (SSSR count). The molecule has 0 N–H and O–H groups in total. The van der Waals surface area contributed by atoms with Gasteiger partial charge in [0, 0.05) is 30.4 Å². The summed E-state index contributed by atoms with van der Waals surface area (Å²) in [6.45, 7) is 3.77. The predicted octanol–water partition coefficient (Wildman–Crippen LogP) is 2.04. The lowest BCUT2D eigenvalue weighted by Gasteiger charge is -2.13. The summed E-state index contributed by atoms with van der Waals surface area (Å²) in [7, 11) is 0. The van der Waals surface area contributed by atoms with Crippen molar-refractivity contribution in [3.8, 4) is 6.07 Å². The minimum atomic E-state index is -0.858. The first-order chi connectivity index (χ1) is 12.4. The van der Waals surface area contributed by atoms with Gasteiger partial charge >= 0.3 is 5.97 Å². The molecule has 136 valence electrons. The summed E-state index contributed by atoms with van der Waals surface area (Å²) < 4.78 is 7.16. The Bertz CT molecular complexity index is 840.